The first-order valence-electron chi connectivity index (χ1n) is 7.35. The minimum atomic E-state index is -0.802. The monoisotopic (exact) mass is 305 g/mol. The number of nitrogens with zero attached hydrogens (tertiary/aromatic N) is 3. The molecule has 22 heavy (non-hydrogen) atoms. The fourth-order valence-corrected chi connectivity index (χ4v) is 2.82. The zero-order valence-corrected chi connectivity index (χ0v) is 12.1. The van der Waals surface area contributed by atoms with Crippen LogP contribution in [0.3, 0.4) is 0 Å². The van der Waals surface area contributed by atoms with Gasteiger partial charge in [-0.2, -0.15) is 5.10 Å². The highest BCUT2D eigenvalue weighted by molar-refractivity contribution is 5.94. The fraction of sp³-hybridized carbons (Fsp3) is 0.375. The van der Waals surface area contributed by atoms with Gasteiger partial charge in [0, 0.05) is 38.1 Å². The molecule has 1 aliphatic heterocycles. The van der Waals surface area contributed by atoms with Crippen LogP contribution in [0.15, 0.2) is 36.7 Å². The molecule has 1 aliphatic rings. The summed E-state index contributed by atoms with van der Waals surface area (Å²) in [5.74, 6) is -1.38. The smallest absolute Gasteiger partial charge is 0.256 e. The lowest BCUT2D eigenvalue weighted by molar-refractivity contribution is 0.0676. The minimum Gasteiger partial charge on any atom is -0.339 e. The molecule has 1 saturated heterocycles. The average Bonchev–Trinajstić information content (AvgIpc) is 3.00. The summed E-state index contributed by atoms with van der Waals surface area (Å²) in [6, 6.07) is 4.96. The molecule has 3 rings (SSSR count). The van der Waals surface area contributed by atoms with Crippen LogP contribution in [0.2, 0.25) is 0 Å². The summed E-state index contributed by atoms with van der Waals surface area (Å²) >= 11 is 0. The summed E-state index contributed by atoms with van der Waals surface area (Å²) in [4.78, 5) is 13.9. The Balaban J connectivity index is 1.60. The topological polar surface area (TPSA) is 38.1 Å². The largest absolute Gasteiger partial charge is 0.339 e. The number of rotatable bonds is 3. The molecule has 1 fully saturated rings. The van der Waals surface area contributed by atoms with E-state index >= 15 is 0 Å². The Bertz CT molecular complexity index is 649. The maximum atomic E-state index is 13.7. The van der Waals surface area contributed by atoms with Crippen LogP contribution in [-0.2, 0) is 6.54 Å². The number of amides is 1. The van der Waals surface area contributed by atoms with E-state index < -0.39 is 11.6 Å². The van der Waals surface area contributed by atoms with Crippen molar-refractivity contribution in [3.05, 3.63) is 53.9 Å². The Labute approximate surface area is 127 Å². The van der Waals surface area contributed by atoms with E-state index in [0.717, 1.165) is 31.5 Å². The molecule has 2 heterocycles. The summed E-state index contributed by atoms with van der Waals surface area (Å²) in [5, 5.41) is 4.18. The van der Waals surface area contributed by atoms with Gasteiger partial charge in [-0.1, -0.05) is 0 Å². The molecule has 0 spiro atoms. The standard InChI is InChI=1S/C16H17F2N3O/c17-13-2-3-14(15(18)10-13)16(22)20-8-4-12(5-9-20)11-21-7-1-6-19-21/h1-3,6-7,10,12H,4-5,8-9,11H2. The predicted octanol–water partition coefficient (Wildman–Crippen LogP) is 2.71. The van der Waals surface area contributed by atoms with Crippen molar-refractivity contribution in [2.45, 2.75) is 19.4 Å². The van der Waals surface area contributed by atoms with Gasteiger partial charge in [0.2, 0.25) is 0 Å². The van der Waals surface area contributed by atoms with Crippen molar-refractivity contribution < 1.29 is 13.6 Å². The number of benzene rings is 1. The zero-order chi connectivity index (χ0) is 15.5. The number of likely N-dealkylation sites (tertiary alicyclic amines) is 1. The van der Waals surface area contributed by atoms with Crippen LogP contribution in [0.5, 0.6) is 0 Å². The first-order chi connectivity index (χ1) is 10.6. The summed E-state index contributed by atoms with van der Waals surface area (Å²) in [6.07, 6.45) is 5.38. The molecule has 2 aromatic rings. The number of halogens is 2. The Morgan fingerprint density at radius 3 is 2.68 bits per heavy atom. The number of aromatic nitrogens is 2. The van der Waals surface area contributed by atoms with Gasteiger partial charge in [-0.15, -0.1) is 0 Å². The highest BCUT2D eigenvalue weighted by Crippen LogP contribution is 2.21. The molecule has 1 aromatic heterocycles. The van der Waals surface area contributed by atoms with Gasteiger partial charge >= 0.3 is 0 Å². The van der Waals surface area contributed by atoms with Crippen LogP contribution in [0.4, 0.5) is 8.78 Å². The third-order valence-corrected chi connectivity index (χ3v) is 4.07. The maximum Gasteiger partial charge on any atom is 0.256 e. The maximum absolute atomic E-state index is 13.7. The molecule has 1 aromatic carbocycles. The van der Waals surface area contributed by atoms with Crippen LogP contribution >= 0.6 is 0 Å². The van der Waals surface area contributed by atoms with Crippen LogP contribution in [0.1, 0.15) is 23.2 Å². The van der Waals surface area contributed by atoms with E-state index in [2.05, 4.69) is 5.10 Å². The van der Waals surface area contributed by atoms with E-state index in [0.29, 0.717) is 19.0 Å². The van der Waals surface area contributed by atoms with Crippen LogP contribution in [0, 0.1) is 17.6 Å². The Morgan fingerprint density at radius 1 is 1.27 bits per heavy atom. The third-order valence-electron chi connectivity index (χ3n) is 4.07. The van der Waals surface area contributed by atoms with Gasteiger partial charge < -0.3 is 4.90 Å². The summed E-state index contributed by atoms with van der Waals surface area (Å²) < 4.78 is 28.5. The van der Waals surface area contributed by atoms with Crippen molar-refractivity contribution >= 4 is 5.91 Å². The molecular weight excluding hydrogens is 288 g/mol. The molecule has 0 radical (unpaired) electrons. The molecule has 116 valence electrons. The molecule has 6 heteroatoms. The zero-order valence-electron chi connectivity index (χ0n) is 12.1. The minimum absolute atomic E-state index is 0.0630. The normalized spacial score (nSPS) is 16.0. The number of piperidine rings is 1. The van der Waals surface area contributed by atoms with Crippen molar-refractivity contribution in [1.82, 2.24) is 14.7 Å². The first kappa shape index (κ1) is 14.7. The second kappa shape index (κ2) is 6.25. The molecule has 0 atom stereocenters. The third kappa shape index (κ3) is 3.16. The molecule has 0 bridgehead atoms. The van der Waals surface area contributed by atoms with Crippen LogP contribution < -0.4 is 0 Å². The van der Waals surface area contributed by atoms with Crippen LogP contribution in [-0.4, -0.2) is 33.7 Å². The van der Waals surface area contributed by atoms with Crippen molar-refractivity contribution in [3.8, 4) is 0 Å². The van der Waals surface area contributed by atoms with E-state index in [1.54, 1.807) is 11.1 Å². The lowest BCUT2D eigenvalue weighted by atomic mass is 9.96. The fourth-order valence-electron chi connectivity index (χ4n) is 2.82. The second-order valence-corrected chi connectivity index (χ2v) is 5.59. The summed E-state index contributed by atoms with van der Waals surface area (Å²) in [5.41, 5.74) is -0.0630. The molecule has 0 aliphatic carbocycles. The Kier molecular flexibility index (Phi) is 4.18. The van der Waals surface area contributed by atoms with Gasteiger partial charge in [0.15, 0.2) is 0 Å². The summed E-state index contributed by atoms with van der Waals surface area (Å²) in [7, 11) is 0. The van der Waals surface area contributed by atoms with E-state index in [4.69, 9.17) is 0 Å². The highest BCUT2D eigenvalue weighted by atomic mass is 19.1. The lowest BCUT2D eigenvalue weighted by Gasteiger charge is -2.32. The molecule has 0 N–H and O–H groups in total. The van der Waals surface area contributed by atoms with Crippen molar-refractivity contribution in [3.63, 3.8) is 0 Å². The number of hydrogen-bond acceptors (Lipinski definition) is 2. The van der Waals surface area contributed by atoms with Gasteiger partial charge in [-0.3, -0.25) is 9.48 Å². The molecule has 0 saturated carbocycles. The van der Waals surface area contributed by atoms with Crippen molar-refractivity contribution in [1.29, 1.82) is 0 Å². The quantitative estimate of drug-likeness (QED) is 0.874. The number of carbonyl (C=O) groups excluding carboxylic acids is 1. The van der Waals surface area contributed by atoms with Gasteiger partial charge in [0.1, 0.15) is 11.6 Å². The van der Waals surface area contributed by atoms with E-state index in [-0.39, 0.29) is 11.5 Å². The molecule has 4 nitrogen and oxygen atoms in total. The van der Waals surface area contributed by atoms with Gasteiger partial charge in [0.05, 0.1) is 5.56 Å². The number of carbonyl (C=O) groups is 1. The molecule has 0 unspecified atom stereocenters. The lowest BCUT2D eigenvalue weighted by Crippen LogP contribution is -2.39. The van der Waals surface area contributed by atoms with Crippen molar-refractivity contribution in [2.24, 2.45) is 5.92 Å². The summed E-state index contributed by atoms with van der Waals surface area (Å²) in [6.45, 7) is 2.00. The van der Waals surface area contributed by atoms with E-state index in [1.807, 2.05) is 16.9 Å². The first-order valence-corrected chi connectivity index (χ1v) is 7.35. The molecular formula is C16H17F2N3O. The van der Waals surface area contributed by atoms with E-state index in [9.17, 15) is 13.6 Å². The SMILES string of the molecule is O=C(c1ccc(F)cc1F)N1CCC(Cn2cccn2)CC1. The van der Waals surface area contributed by atoms with Gasteiger partial charge in [0.25, 0.3) is 5.91 Å². The van der Waals surface area contributed by atoms with Gasteiger partial charge in [-0.25, -0.2) is 8.78 Å². The predicted molar refractivity (Wildman–Crippen MR) is 77.2 cm³/mol. The Morgan fingerprint density at radius 2 is 2.05 bits per heavy atom. The molecule has 1 amide bonds. The second-order valence-electron chi connectivity index (χ2n) is 5.59. The number of hydrogen-bond donors (Lipinski definition) is 0. The van der Waals surface area contributed by atoms with Crippen molar-refractivity contribution in [2.75, 3.05) is 13.1 Å². The van der Waals surface area contributed by atoms with E-state index in [1.165, 1.54) is 6.07 Å². The van der Waals surface area contributed by atoms with Gasteiger partial charge in [-0.05, 0) is 37.0 Å². The highest BCUT2D eigenvalue weighted by Gasteiger charge is 2.25. The van der Waals surface area contributed by atoms with Crippen LogP contribution in [0.25, 0.3) is 0 Å². The average molecular weight is 305 g/mol. The Hall–Kier alpha value is -2.24.